The topological polar surface area (TPSA) is 109 Å². The zero-order valence-corrected chi connectivity index (χ0v) is 20.8. The highest BCUT2D eigenvalue weighted by atomic mass is 32.1. The maximum absolute atomic E-state index is 12.7. The van der Waals surface area contributed by atoms with Crippen molar-refractivity contribution in [2.24, 2.45) is 0 Å². The summed E-state index contributed by atoms with van der Waals surface area (Å²) in [7, 11) is 1.42. The summed E-state index contributed by atoms with van der Waals surface area (Å²) in [6.07, 6.45) is -0.577. The minimum atomic E-state index is -1.38. The molecule has 0 saturated heterocycles. The minimum Gasteiger partial charge on any atom is -0.480 e. The number of rotatable bonds is 7. The predicted molar refractivity (Wildman–Crippen MR) is 133 cm³/mol. The molecule has 8 nitrogen and oxygen atoms in total. The SMILES string of the molecule is CC(NC(=O)OCC1c2ccccc2-c2ccccc21)c1nc(C(=O)N(C)C(C)(C)C(=O)O)cs1. The van der Waals surface area contributed by atoms with Crippen molar-refractivity contribution < 1.29 is 24.2 Å². The van der Waals surface area contributed by atoms with Gasteiger partial charge < -0.3 is 20.1 Å². The number of benzene rings is 2. The van der Waals surface area contributed by atoms with E-state index in [0.717, 1.165) is 27.2 Å². The normalized spacial score (nSPS) is 13.5. The minimum absolute atomic E-state index is 0.0410. The first-order valence-electron chi connectivity index (χ1n) is 11.2. The highest BCUT2D eigenvalue weighted by Gasteiger charge is 2.36. The Morgan fingerprint density at radius 3 is 2.26 bits per heavy atom. The van der Waals surface area contributed by atoms with Gasteiger partial charge in [-0.15, -0.1) is 11.3 Å². The van der Waals surface area contributed by atoms with E-state index in [-0.39, 0.29) is 18.2 Å². The van der Waals surface area contributed by atoms with E-state index in [1.54, 1.807) is 12.3 Å². The Morgan fingerprint density at radius 1 is 1.11 bits per heavy atom. The van der Waals surface area contributed by atoms with Crippen molar-refractivity contribution in [3.05, 3.63) is 75.7 Å². The summed E-state index contributed by atoms with van der Waals surface area (Å²) in [5, 5.41) is 14.2. The molecule has 35 heavy (non-hydrogen) atoms. The van der Waals surface area contributed by atoms with E-state index in [1.165, 1.54) is 32.2 Å². The van der Waals surface area contributed by atoms with Crippen LogP contribution in [0, 0.1) is 0 Å². The summed E-state index contributed by atoms with van der Waals surface area (Å²) in [5.74, 6) is -1.66. The number of hydrogen-bond acceptors (Lipinski definition) is 6. The third-order valence-electron chi connectivity index (χ3n) is 6.46. The van der Waals surface area contributed by atoms with Crippen molar-refractivity contribution in [2.75, 3.05) is 13.7 Å². The summed E-state index contributed by atoms with van der Waals surface area (Å²) in [4.78, 5) is 42.2. The molecule has 4 rings (SSSR count). The van der Waals surface area contributed by atoms with Crippen molar-refractivity contribution in [2.45, 2.75) is 38.3 Å². The van der Waals surface area contributed by atoms with E-state index in [9.17, 15) is 19.5 Å². The molecule has 0 spiro atoms. The number of carboxylic acids is 1. The lowest BCUT2D eigenvalue weighted by atomic mass is 9.98. The average Bonchev–Trinajstić information content (AvgIpc) is 3.45. The molecule has 0 fully saturated rings. The number of aromatic nitrogens is 1. The zero-order valence-electron chi connectivity index (χ0n) is 19.9. The molecule has 182 valence electrons. The van der Waals surface area contributed by atoms with Crippen LogP contribution >= 0.6 is 11.3 Å². The number of amides is 2. The average molecular weight is 494 g/mol. The van der Waals surface area contributed by atoms with Crippen LogP contribution in [0.5, 0.6) is 0 Å². The van der Waals surface area contributed by atoms with Crippen LogP contribution < -0.4 is 5.32 Å². The molecule has 1 atom stereocenters. The van der Waals surface area contributed by atoms with Gasteiger partial charge in [-0.2, -0.15) is 0 Å². The molecule has 1 heterocycles. The van der Waals surface area contributed by atoms with Gasteiger partial charge in [-0.05, 0) is 43.0 Å². The molecule has 9 heteroatoms. The van der Waals surface area contributed by atoms with Crippen LogP contribution in [0.1, 0.15) is 59.4 Å². The molecular weight excluding hydrogens is 466 g/mol. The number of carboxylic acid groups (broad SMARTS) is 1. The van der Waals surface area contributed by atoms with E-state index in [0.29, 0.717) is 5.01 Å². The standard InChI is InChI=1S/C26H27N3O5S/c1-15(22-28-21(14-35-22)23(30)29(4)26(2,3)24(31)32)27-25(33)34-13-20-18-11-7-5-9-16(18)17-10-6-8-12-19(17)20/h5-12,14-15,20H,13H2,1-4H3,(H,27,33)(H,31,32). The van der Waals surface area contributed by atoms with Gasteiger partial charge in [0.15, 0.2) is 0 Å². The molecule has 1 aromatic heterocycles. The molecule has 0 radical (unpaired) electrons. The van der Waals surface area contributed by atoms with Crippen LogP contribution in [0.15, 0.2) is 53.9 Å². The zero-order chi connectivity index (χ0) is 25.3. The first kappa shape index (κ1) is 24.4. The number of fused-ring (bicyclic) bond motifs is 3. The fourth-order valence-electron chi connectivity index (χ4n) is 4.03. The number of aliphatic carboxylic acids is 1. The van der Waals surface area contributed by atoms with Crippen LogP contribution in [0.25, 0.3) is 11.1 Å². The molecular formula is C26H27N3O5S. The Kier molecular flexibility index (Phi) is 6.62. The summed E-state index contributed by atoms with van der Waals surface area (Å²) in [6, 6.07) is 15.7. The molecule has 3 aromatic rings. The maximum Gasteiger partial charge on any atom is 0.407 e. The third kappa shape index (κ3) is 4.64. The molecule has 2 aromatic carbocycles. The number of ether oxygens (including phenoxy) is 1. The van der Waals surface area contributed by atoms with Crippen molar-refractivity contribution in [1.82, 2.24) is 15.2 Å². The third-order valence-corrected chi connectivity index (χ3v) is 7.48. The summed E-state index contributed by atoms with van der Waals surface area (Å²) < 4.78 is 5.58. The van der Waals surface area contributed by atoms with Gasteiger partial charge in [-0.25, -0.2) is 14.6 Å². The van der Waals surface area contributed by atoms with Crippen molar-refractivity contribution in [3.8, 4) is 11.1 Å². The van der Waals surface area contributed by atoms with Crippen molar-refractivity contribution in [1.29, 1.82) is 0 Å². The van der Waals surface area contributed by atoms with Crippen LogP contribution in [-0.2, 0) is 9.53 Å². The first-order chi connectivity index (χ1) is 16.6. The second kappa shape index (κ2) is 9.50. The largest absolute Gasteiger partial charge is 0.480 e. The lowest BCUT2D eigenvalue weighted by Gasteiger charge is -2.30. The maximum atomic E-state index is 12.7. The van der Waals surface area contributed by atoms with Gasteiger partial charge >= 0.3 is 12.1 Å². The van der Waals surface area contributed by atoms with Gasteiger partial charge in [-0.1, -0.05) is 48.5 Å². The molecule has 2 amide bonds. The smallest absolute Gasteiger partial charge is 0.407 e. The number of thiazole rings is 1. The van der Waals surface area contributed by atoms with Crippen molar-refractivity contribution >= 4 is 29.3 Å². The molecule has 2 N–H and O–H groups in total. The summed E-state index contributed by atoms with van der Waals surface area (Å²) in [6.45, 7) is 4.84. The van der Waals surface area contributed by atoms with E-state index in [1.807, 2.05) is 24.3 Å². The molecule has 1 aliphatic rings. The highest BCUT2D eigenvalue weighted by molar-refractivity contribution is 7.09. The molecule has 1 aliphatic carbocycles. The van der Waals surface area contributed by atoms with Crippen LogP contribution in [-0.4, -0.2) is 52.2 Å². The number of carbonyl (C=O) groups is 3. The van der Waals surface area contributed by atoms with Crippen LogP contribution in [0.3, 0.4) is 0 Å². The number of likely N-dealkylation sites (N-methyl/N-ethyl adjacent to an activating group) is 1. The fourth-order valence-corrected chi connectivity index (χ4v) is 4.83. The predicted octanol–water partition coefficient (Wildman–Crippen LogP) is 4.68. The van der Waals surface area contributed by atoms with Gasteiger partial charge in [0.2, 0.25) is 0 Å². The number of carbonyl (C=O) groups excluding carboxylic acids is 2. The highest BCUT2D eigenvalue weighted by Crippen LogP contribution is 2.44. The second-order valence-electron chi connectivity index (χ2n) is 8.99. The molecule has 0 saturated carbocycles. The summed E-state index contributed by atoms with van der Waals surface area (Å²) in [5.41, 5.74) is 3.31. The number of nitrogens with zero attached hydrogens (tertiary/aromatic N) is 2. The molecule has 0 aliphatic heterocycles. The Balaban J connectivity index is 1.38. The number of hydrogen-bond donors (Lipinski definition) is 2. The molecule has 1 unspecified atom stereocenters. The van der Waals surface area contributed by atoms with E-state index >= 15 is 0 Å². The number of nitrogens with one attached hydrogen (secondary N) is 1. The quantitative estimate of drug-likeness (QED) is 0.495. The summed E-state index contributed by atoms with van der Waals surface area (Å²) >= 11 is 1.21. The van der Waals surface area contributed by atoms with Gasteiger partial charge in [0.25, 0.3) is 5.91 Å². The first-order valence-corrected chi connectivity index (χ1v) is 12.1. The van der Waals surface area contributed by atoms with Gasteiger partial charge in [0.1, 0.15) is 22.8 Å². The monoisotopic (exact) mass is 493 g/mol. The van der Waals surface area contributed by atoms with E-state index in [2.05, 4.69) is 34.6 Å². The van der Waals surface area contributed by atoms with Crippen LogP contribution in [0.4, 0.5) is 4.79 Å². The molecule has 0 bridgehead atoms. The Morgan fingerprint density at radius 2 is 1.69 bits per heavy atom. The Bertz CT molecular complexity index is 1240. The van der Waals surface area contributed by atoms with Gasteiger partial charge in [0, 0.05) is 18.3 Å². The Hall–Kier alpha value is -3.72. The van der Waals surface area contributed by atoms with Gasteiger partial charge in [-0.3, -0.25) is 4.79 Å². The van der Waals surface area contributed by atoms with E-state index in [4.69, 9.17) is 4.74 Å². The second-order valence-corrected chi connectivity index (χ2v) is 9.88. The lowest BCUT2D eigenvalue weighted by Crippen LogP contribution is -2.50. The fraction of sp³-hybridized carbons (Fsp3) is 0.308. The van der Waals surface area contributed by atoms with E-state index < -0.39 is 29.6 Å². The van der Waals surface area contributed by atoms with Gasteiger partial charge in [0.05, 0.1) is 6.04 Å². The lowest BCUT2D eigenvalue weighted by molar-refractivity contribution is -0.147. The Labute approximate surface area is 207 Å². The van der Waals surface area contributed by atoms with Crippen LogP contribution in [0.2, 0.25) is 0 Å². The number of alkyl carbamates (subject to hydrolysis) is 1. The van der Waals surface area contributed by atoms with Crippen molar-refractivity contribution in [3.63, 3.8) is 0 Å².